The van der Waals surface area contributed by atoms with Crippen molar-refractivity contribution in [3.8, 4) is 0 Å². The Morgan fingerprint density at radius 2 is 2.09 bits per heavy atom. The van der Waals surface area contributed by atoms with Crippen molar-refractivity contribution < 1.29 is 4.79 Å². The van der Waals surface area contributed by atoms with E-state index in [0.717, 1.165) is 23.0 Å². The highest BCUT2D eigenvalue weighted by atomic mass is 79.9. The van der Waals surface area contributed by atoms with Gasteiger partial charge in [-0.15, -0.1) is 11.3 Å². The van der Waals surface area contributed by atoms with Crippen LogP contribution in [-0.2, 0) is 12.8 Å². The topological polar surface area (TPSA) is 42.0 Å². The Morgan fingerprint density at radius 1 is 1.35 bits per heavy atom. The van der Waals surface area contributed by atoms with Crippen LogP contribution in [0.5, 0.6) is 0 Å². The monoisotopic (exact) mass is 392 g/mol. The molecule has 1 N–H and O–H groups in total. The van der Waals surface area contributed by atoms with Crippen LogP contribution in [0.2, 0.25) is 0 Å². The number of fused-ring (bicyclic) bond motifs is 1. The number of nitrogens with zero attached hydrogens (tertiary/aromatic N) is 1. The highest BCUT2D eigenvalue weighted by molar-refractivity contribution is 9.10. The van der Waals surface area contributed by atoms with Gasteiger partial charge in [-0.2, -0.15) is 0 Å². The molecular formula is C18H21BrN2OS. The van der Waals surface area contributed by atoms with Gasteiger partial charge in [0.15, 0.2) is 5.13 Å². The maximum atomic E-state index is 12.4. The van der Waals surface area contributed by atoms with Crippen LogP contribution in [0, 0.1) is 11.3 Å². The number of aromatic nitrogens is 1. The normalized spacial score (nSPS) is 17.7. The predicted octanol–water partition coefficient (Wildman–Crippen LogP) is 5.31. The van der Waals surface area contributed by atoms with E-state index in [-0.39, 0.29) is 5.91 Å². The first kappa shape index (κ1) is 16.7. The van der Waals surface area contributed by atoms with E-state index in [1.165, 1.54) is 11.3 Å². The van der Waals surface area contributed by atoms with Gasteiger partial charge in [-0.3, -0.25) is 10.1 Å². The second-order valence-electron chi connectivity index (χ2n) is 7.13. The largest absolute Gasteiger partial charge is 0.298 e. The first-order valence-electron chi connectivity index (χ1n) is 7.89. The van der Waals surface area contributed by atoms with E-state index in [9.17, 15) is 4.79 Å². The van der Waals surface area contributed by atoms with Gasteiger partial charge in [-0.1, -0.05) is 32.9 Å². The fourth-order valence-corrected chi connectivity index (χ4v) is 4.53. The molecule has 0 aliphatic heterocycles. The molecule has 1 atom stereocenters. The molecule has 0 saturated heterocycles. The lowest BCUT2D eigenvalue weighted by Crippen LogP contribution is -2.26. The van der Waals surface area contributed by atoms with Crippen molar-refractivity contribution in [1.82, 2.24) is 4.98 Å². The van der Waals surface area contributed by atoms with Gasteiger partial charge in [-0.05, 0) is 58.7 Å². The van der Waals surface area contributed by atoms with Gasteiger partial charge in [0.05, 0.1) is 11.3 Å². The van der Waals surface area contributed by atoms with Gasteiger partial charge in [0.2, 0.25) is 0 Å². The molecule has 0 saturated carbocycles. The summed E-state index contributed by atoms with van der Waals surface area (Å²) in [7, 11) is 0. The van der Waals surface area contributed by atoms with E-state index in [2.05, 4.69) is 47.0 Å². The van der Waals surface area contributed by atoms with E-state index in [0.29, 0.717) is 22.0 Å². The minimum absolute atomic E-state index is 0.115. The molecule has 0 fully saturated rings. The number of aryl methyl sites for hydroxylation is 1. The SMILES string of the molecule is CC(C)(C)[C@H]1CCc2nc(NC(=O)c3ccccc3Br)sc2C1. The Balaban J connectivity index is 1.76. The number of anilines is 1. The molecule has 1 aliphatic carbocycles. The van der Waals surface area contributed by atoms with Crippen molar-refractivity contribution in [2.45, 2.75) is 40.0 Å². The minimum atomic E-state index is -0.115. The van der Waals surface area contributed by atoms with Crippen molar-refractivity contribution >= 4 is 38.3 Å². The van der Waals surface area contributed by atoms with Crippen LogP contribution in [-0.4, -0.2) is 10.9 Å². The van der Waals surface area contributed by atoms with E-state index in [1.54, 1.807) is 11.3 Å². The molecule has 1 aromatic carbocycles. The number of nitrogens with one attached hydrogen (secondary N) is 1. The Bertz CT molecular complexity index is 733. The standard InChI is InChI=1S/C18H21BrN2OS/c1-18(2,3)11-8-9-14-15(10-11)23-17(20-14)21-16(22)12-6-4-5-7-13(12)19/h4-7,11H,8-10H2,1-3H3,(H,20,21,22)/t11-/m0/s1. The lowest BCUT2D eigenvalue weighted by Gasteiger charge is -2.33. The number of carbonyl (C=O) groups excluding carboxylic acids is 1. The zero-order valence-electron chi connectivity index (χ0n) is 13.6. The number of halogens is 1. The van der Waals surface area contributed by atoms with Crippen molar-refractivity contribution in [1.29, 1.82) is 0 Å². The number of hydrogen-bond donors (Lipinski definition) is 1. The van der Waals surface area contributed by atoms with Crippen LogP contribution in [0.4, 0.5) is 5.13 Å². The Kier molecular flexibility index (Phi) is 4.61. The van der Waals surface area contributed by atoms with E-state index >= 15 is 0 Å². The summed E-state index contributed by atoms with van der Waals surface area (Å²) in [5.74, 6) is 0.568. The molecule has 0 spiro atoms. The number of benzene rings is 1. The highest BCUT2D eigenvalue weighted by Gasteiger charge is 2.30. The van der Waals surface area contributed by atoms with Gasteiger partial charge >= 0.3 is 0 Å². The van der Waals surface area contributed by atoms with Crippen molar-refractivity contribution in [3.63, 3.8) is 0 Å². The summed E-state index contributed by atoms with van der Waals surface area (Å²) < 4.78 is 0.798. The van der Waals surface area contributed by atoms with Crippen molar-refractivity contribution in [2.24, 2.45) is 11.3 Å². The first-order chi connectivity index (χ1) is 10.8. The Hall–Kier alpha value is -1.20. The fraction of sp³-hybridized carbons (Fsp3) is 0.444. The number of rotatable bonds is 2. The van der Waals surface area contributed by atoms with E-state index < -0.39 is 0 Å². The van der Waals surface area contributed by atoms with Crippen LogP contribution >= 0.6 is 27.3 Å². The van der Waals surface area contributed by atoms with Crippen LogP contribution in [0.15, 0.2) is 28.7 Å². The van der Waals surface area contributed by atoms with Crippen LogP contribution in [0.25, 0.3) is 0 Å². The smallest absolute Gasteiger partial charge is 0.258 e. The summed E-state index contributed by atoms with van der Waals surface area (Å²) >= 11 is 5.04. The number of thiazole rings is 1. The first-order valence-corrected chi connectivity index (χ1v) is 9.50. The third-order valence-electron chi connectivity index (χ3n) is 4.50. The van der Waals surface area contributed by atoms with Gasteiger partial charge < -0.3 is 0 Å². The molecule has 0 unspecified atom stereocenters. The van der Waals surface area contributed by atoms with Crippen LogP contribution in [0.3, 0.4) is 0 Å². The Labute approximate surface area is 149 Å². The maximum absolute atomic E-state index is 12.4. The molecule has 1 aromatic heterocycles. The summed E-state index contributed by atoms with van der Waals surface area (Å²) in [6.45, 7) is 6.91. The fourth-order valence-electron chi connectivity index (χ4n) is 2.98. The zero-order chi connectivity index (χ0) is 16.6. The molecule has 0 radical (unpaired) electrons. The lowest BCUT2D eigenvalue weighted by atomic mass is 9.73. The van der Waals surface area contributed by atoms with Crippen LogP contribution < -0.4 is 5.32 Å². The molecular weight excluding hydrogens is 372 g/mol. The summed E-state index contributed by atoms with van der Waals surface area (Å²) in [6, 6.07) is 7.44. The molecule has 3 nitrogen and oxygen atoms in total. The minimum Gasteiger partial charge on any atom is -0.298 e. The average Bonchev–Trinajstić information content (AvgIpc) is 2.87. The predicted molar refractivity (Wildman–Crippen MR) is 99.2 cm³/mol. The second kappa shape index (κ2) is 6.36. The maximum Gasteiger partial charge on any atom is 0.258 e. The average molecular weight is 393 g/mol. The third kappa shape index (κ3) is 3.66. The van der Waals surface area contributed by atoms with Crippen molar-refractivity contribution in [2.75, 3.05) is 5.32 Å². The number of hydrogen-bond acceptors (Lipinski definition) is 3. The highest BCUT2D eigenvalue weighted by Crippen LogP contribution is 2.40. The number of amides is 1. The van der Waals surface area contributed by atoms with Crippen molar-refractivity contribution in [3.05, 3.63) is 44.9 Å². The molecule has 1 heterocycles. The Morgan fingerprint density at radius 3 is 2.78 bits per heavy atom. The zero-order valence-corrected chi connectivity index (χ0v) is 16.1. The number of carbonyl (C=O) groups is 1. The molecule has 2 aromatic rings. The molecule has 0 bridgehead atoms. The summed E-state index contributed by atoms with van der Waals surface area (Å²) in [6.07, 6.45) is 3.26. The molecule has 1 amide bonds. The van der Waals surface area contributed by atoms with Crippen LogP contribution in [0.1, 0.15) is 48.1 Å². The van der Waals surface area contributed by atoms with Gasteiger partial charge in [0.1, 0.15) is 0 Å². The summed E-state index contributed by atoms with van der Waals surface area (Å²) in [4.78, 5) is 18.4. The van der Waals surface area contributed by atoms with Gasteiger partial charge in [-0.25, -0.2) is 4.98 Å². The molecule has 1 aliphatic rings. The van der Waals surface area contributed by atoms with E-state index in [4.69, 9.17) is 0 Å². The molecule has 23 heavy (non-hydrogen) atoms. The summed E-state index contributed by atoms with van der Waals surface area (Å²) in [5.41, 5.74) is 2.12. The summed E-state index contributed by atoms with van der Waals surface area (Å²) in [5, 5.41) is 3.66. The quantitative estimate of drug-likeness (QED) is 0.752. The van der Waals surface area contributed by atoms with E-state index in [1.807, 2.05) is 24.3 Å². The molecule has 3 rings (SSSR count). The lowest BCUT2D eigenvalue weighted by molar-refractivity contribution is 0.102. The van der Waals surface area contributed by atoms with Gasteiger partial charge in [0, 0.05) is 9.35 Å². The molecule has 5 heteroatoms. The molecule has 122 valence electrons. The van der Waals surface area contributed by atoms with Gasteiger partial charge in [0.25, 0.3) is 5.91 Å². The third-order valence-corrected chi connectivity index (χ3v) is 6.23. The second-order valence-corrected chi connectivity index (χ2v) is 9.07.